The average molecular weight is 263 g/mol. The zero-order valence-corrected chi connectivity index (χ0v) is 13.1. The third-order valence-corrected chi connectivity index (χ3v) is 3.32. The lowest BCUT2D eigenvalue weighted by Crippen LogP contribution is -2.19. The lowest BCUT2D eigenvalue weighted by molar-refractivity contribution is 0.0235. The van der Waals surface area contributed by atoms with E-state index in [4.69, 9.17) is 4.74 Å². The van der Waals surface area contributed by atoms with E-state index < -0.39 is 0 Å². The average Bonchev–Trinajstić information content (AvgIpc) is 2.36. The molecule has 0 amide bonds. The minimum Gasteiger partial charge on any atom is -0.374 e. The Kier molecular flexibility index (Phi) is 7.11. The van der Waals surface area contributed by atoms with Crippen LogP contribution in [0.1, 0.15) is 45.7 Å². The first-order chi connectivity index (χ1) is 8.99. The number of hydrogen-bond acceptors (Lipinski definition) is 2. The second kappa shape index (κ2) is 8.34. The van der Waals surface area contributed by atoms with Crippen molar-refractivity contribution >= 4 is 0 Å². The van der Waals surface area contributed by atoms with E-state index in [-0.39, 0.29) is 0 Å². The Balaban J connectivity index is 2.43. The van der Waals surface area contributed by atoms with E-state index in [1.165, 1.54) is 11.1 Å². The highest BCUT2D eigenvalue weighted by Crippen LogP contribution is 2.11. The topological polar surface area (TPSA) is 21.3 Å². The highest BCUT2D eigenvalue weighted by Gasteiger charge is 2.07. The highest BCUT2D eigenvalue weighted by molar-refractivity contribution is 5.22. The molecule has 0 bridgehead atoms. The predicted octanol–water partition coefficient (Wildman–Crippen LogP) is 3.99. The van der Waals surface area contributed by atoms with Crippen LogP contribution in [0.5, 0.6) is 0 Å². The summed E-state index contributed by atoms with van der Waals surface area (Å²) in [6, 6.07) is 8.66. The predicted molar refractivity (Wildman–Crippen MR) is 82.1 cm³/mol. The van der Waals surface area contributed by atoms with Gasteiger partial charge in [-0.15, -0.1) is 0 Å². The third kappa shape index (κ3) is 6.74. The van der Waals surface area contributed by atoms with Crippen LogP contribution >= 0.6 is 0 Å². The van der Waals surface area contributed by atoms with Crippen molar-refractivity contribution in [3.8, 4) is 0 Å². The molecule has 0 aromatic heterocycles. The number of nitrogens with one attached hydrogen (secondary N) is 1. The monoisotopic (exact) mass is 263 g/mol. The molecule has 0 radical (unpaired) electrons. The quantitative estimate of drug-likeness (QED) is 0.765. The maximum Gasteiger partial charge on any atom is 0.0720 e. The van der Waals surface area contributed by atoms with Gasteiger partial charge in [-0.25, -0.2) is 0 Å². The normalized spacial score (nSPS) is 13.2. The van der Waals surface area contributed by atoms with Crippen molar-refractivity contribution in [3.05, 3.63) is 35.4 Å². The molecular formula is C17H29NO. The Morgan fingerprint density at radius 3 is 2.37 bits per heavy atom. The van der Waals surface area contributed by atoms with Gasteiger partial charge >= 0.3 is 0 Å². The minimum absolute atomic E-state index is 0.308. The number of rotatable bonds is 8. The molecule has 0 saturated carbocycles. The number of benzene rings is 1. The highest BCUT2D eigenvalue weighted by atomic mass is 16.5. The SMILES string of the molecule is CC(C)CNCc1cccc(COC(C)C(C)C)c1. The van der Waals surface area contributed by atoms with Gasteiger partial charge in [-0.3, -0.25) is 0 Å². The molecule has 0 heterocycles. The lowest BCUT2D eigenvalue weighted by Gasteiger charge is -2.17. The minimum atomic E-state index is 0.308. The molecule has 1 N–H and O–H groups in total. The van der Waals surface area contributed by atoms with Crippen LogP contribution in [-0.2, 0) is 17.9 Å². The van der Waals surface area contributed by atoms with E-state index in [0.717, 1.165) is 13.1 Å². The molecule has 108 valence electrons. The smallest absolute Gasteiger partial charge is 0.0720 e. The Hall–Kier alpha value is -0.860. The van der Waals surface area contributed by atoms with Crippen LogP contribution < -0.4 is 5.32 Å². The molecule has 1 aromatic rings. The molecule has 19 heavy (non-hydrogen) atoms. The zero-order valence-electron chi connectivity index (χ0n) is 13.1. The fourth-order valence-corrected chi connectivity index (χ4v) is 1.75. The lowest BCUT2D eigenvalue weighted by atomic mass is 10.1. The van der Waals surface area contributed by atoms with Crippen LogP contribution in [-0.4, -0.2) is 12.6 Å². The van der Waals surface area contributed by atoms with Crippen LogP contribution in [0, 0.1) is 11.8 Å². The first kappa shape index (κ1) is 16.2. The summed E-state index contributed by atoms with van der Waals surface area (Å²) < 4.78 is 5.87. The van der Waals surface area contributed by atoms with Crippen molar-refractivity contribution in [1.29, 1.82) is 0 Å². The maximum absolute atomic E-state index is 5.87. The third-order valence-electron chi connectivity index (χ3n) is 3.32. The van der Waals surface area contributed by atoms with Crippen molar-refractivity contribution in [2.24, 2.45) is 11.8 Å². The van der Waals surface area contributed by atoms with Crippen molar-refractivity contribution in [2.45, 2.75) is 53.9 Å². The molecule has 1 rings (SSSR count). The molecule has 0 spiro atoms. The summed E-state index contributed by atoms with van der Waals surface area (Å²) in [7, 11) is 0. The standard InChI is InChI=1S/C17H29NO/c1-13(2)10-18-11-16-7-6-8-17(9-16)12-19-15(5)14(3)4/h6-9,13-15,18H,10-12H2,1-5H3. The molecule has 0 aliphatic heterocycles. The van der Waals surface area contributed by atoms with Gasteiger partial charge < -0.3 is 10.1 Å². The van der Waals surface area contributed by atoms with Gasteiger partial charge in [0, 0.05) is 6.54 Å². The van der Waals surface area contributed by atoms with Crippen molar-refractivity contribution in [1.82, 2.24) is 5.32 Å². The Bertz CT molecular complexity index is 360. The Morgan fingerprint density at radius 1 is 1.05 bits per heavy atom. The fourth-order valence-electron chi connectivity index (χ4n) is 1.75. The first-order valence-electron chi connectivity index (χ1n) is 7.39. The summed E-state index contributed by atoms with van der Waals surface area (Å²) in [6.45, 7) is 13.7. The van der Waals surface area contributed by atoms with Crippen LogP contribution in [0.3, 0.4) is 0 Å². The zero-order chi connectivity index (χ0) is 14.3. The largest absolute Gasteiger partial charge is 0.374 e. The summed E-state index contributed by atoms with van der Waals surface area (Å²) in [4.78, 5) is 0. The summed E-state index contributed by atoms with van der Waals surface area (Å²) in [6.07, 6.45) is 0.308. The van der Waals surface area contributed by atoms with Gasteiger partial charge in [-0.05, 0) is 36.4 Å². The molecule has 0 aliphatic carbocycles. The van der Waals surface area contributed by atoms with Gasteiger partial charge in [0.1, 0.15) is 0 Å². The molecule has 1 unspecified atom stereocenters. The second-order valence-corrected chi connectivity index (χ2v) is 6.10. The molecule has 2 nitrogen and oxygen atoms in total. The maximum atomic E-state index is 5.87. The molecule has 1 atom stereocenters. The van der Waals surface area contributed by atoms with Gasteiger partial charge in [0.05, 0.1) is 12.7 Å². The first-order valence-corrected chi connectivity index (χ1v) is 7.39. The second-order valence-electron chi connectivity index (χ2n) is 6.10. The van der Waals surface area contributed by atoms with Crippen molar-refractivity contribution < 1.29 is 4.74 Å². The van der Waals surface area contributed by atoms with Gasteiger partial charge in [-0.2, -0.15) is 0 Å². The molecule has 0 fully saturated rings. The van der Waals surface area contributed by atoms with Gasteiger partial charge in [-0.1, -0.05) is 52.0 Å². The fraction of sp³-hybridized carbons (Fsp3) is 0.647. The van der Waals surface area contributed by atoms with E-state index in [1.807, 2.05) is 0 Å². The molecule has 2 heteroatoms. The van der Waals surface area contributed by atoms with Gasteiger partial charge in [0.15, 0.2) is 0 Å². The van der Waals surface area contributed by atoms with Crippen LogP contribution in [0.15, 0.2) is 24.3 Å². The Morgan fingerprint density at radius 2 is 1.74 bits per heavy atom. The van der Waals surface area contributed by atoms with Crippen LogP contribution in [0.25, 0.3) is 0 Å². The molecule has 1 aromatic carbocycles. The summed E-state index contributed by atoms with van der Waals surface area (Å²) in [5.41, 5.74) is 2.59. The van der Waals surface area contributed by atoms with E-state index >= 15 is 0 Å². The molecule has 0 aliphatic rings. The van der Waals surface area contributed by atoms with Gasteiger partial charge in [0.2, 0.25) is 0 Å². The number of hydrogen-bond donors (Lipinski definition) is 1. The van der Waals surface area contributed by atoms with Crippen LogP contribution in [0.2, 0.25) is 0 Å². The summed E-state index contributed by atoms with van der Waals surface area (Å²) >= 11 is 0. The van der Waals surface area contributed by atoms with Crippen molar-refractivity contribution in [3.63, 3.8) is 0 Å². The van der Waals surface area contributed by atoms with E-state index in [0.29, 0.717) is 24.5 Å². The Labute approximate surface area is 118 Å². The molecule has 0 saturated heterocycles. The van der Waals surface area contributed by atoms with E-state index in [1.54, 1.807) is 0 Å². The van der Waals surface area contributed by atoms with E-state index in [9.17, 15) is 0 Å². The van der Waals surface area contributed by atoms with Crippen molar-refractivity contribution in [2.75, 3.05) is 6.54 Å². The summed E-state index contributed by atoms with van der Waals surface area (Å²) in [5.74, 6) is 1.26. The van der Waals surface area contributed by atoms with Crippen LogP contribution in [0.4, 0.5) is 0 Å². The molecular weight excluding hydrogens is 234 g/mol. The van der Waals surface area contributed by atoms with Gasteiger partial charge in [0.25, 0.3) is 0 Å². The number of ether oxygens (including phenoxy) is 1. The van der Waals surface area contributed by atoms with E-state index in [2.05, 4.69) is 64.2 Å². The summed E-state index contributed by atoms with van der Waals surface area (Å²) in [5, 5.41) is 3.47.